The molecule has 0 spiro atoms. The molecule has 0 aliphatic carbocycles. The summed E-state index contributed by atoms with van der Waals surface area (Å²) in [5, 5.41) is 2.55. The standard InChI is InChI=1S/C27H22N4O2S3/c1-15-5-8-18(9-6-15)31-25(32)24(26-30(3)21-14-19(33-4)10-12-22(21)35-26)36-27(31)29-17-7-11-20-23(13-17)34-16(2)28-20/h5-14H,1-4H3/b26-24-,29-27?. The third kappa shape index (κ3) is 3.97. The van der Waals surface area contributed by atoms with Crippen molar-refractivity contribution in [2.24, 2.45) is 4.99 Å². The van der Waals surface area contributed by atoms with Crippen molar-refractivity contribution in [3.63, 3.8) is 0 Å². The van der Waals surface area contributed by atoms with E-state index in [4.69, 9.17) is 9.73 Å². The van der Waals surface area contributed by atoms with Crippen molar-refractivity contribution in [2.45, 2.75) is 18.7 Å². The minimum atomic E-state index is -0.0774. The van der Waals surface area contributed by atoms with E-state index in [0.717, 1.165) is 53.5 Å². The maximum Gasteiger partial charge on any atom is 0.274 e. The number of anilines is 2. The molecule has 36 heavy (non-hydrogen) atoms. The van der Waals surface area contributed by atoms with E-state index in [1.807, 2.05) is 81.6 Å². The van der Waals surface area contributed by atoms with Crippen molar-refractivity contribution in [3.05, 3.63) is 81.2 Å². The molecule has 2 aliphatic rings. The molecule has 0 radical (unpaired) electrons. The molecule has 6 nitrogen and oxygen atoms in total. The van der Waals surface area contributed by atoms with Crippen molar-refractivity contribution in [2.75, 3.05) is 24.0 Å². The van der Waals surface area contributed by atoms with Crippen LogP contribution in [0, 0.1) is 13.8 Å². The number of fused-ring (bicyclic) bond motifs is 2. The summed E-state index contributed by atoms with van der Waals surface area (Å²) < 4.78 is 6.50. The first kappa shape index (κ1) is 23.1. The van der Waals surface area contributed by atoms with Crippen LogP contribution < -0.4 is 14.5 Å². The first-order valence-corrected chi connectivity index (χ1v) is 13.7. The number of methoxy groups -OCH3 is 1. The largest absolute Gasteiger partial charge is 0.497 e. The molecule has 0 N–H and O–H groups in total. The average molecular weight is 531 g/mol. The summed E-state index contributed by atoms with van der Waals surface area (Å²) in [5.41, 5.74) is 4.72. The number of aryl methyl sites for hydroxylation is 2. The maximum atomic E-state index is 13.9. The average Bonchev–Trinajstić information content (AvgIpc) is 3.51. The van der Waals surface area contributed by atoms with Crippen molar-refractivity contribution in [3.8, 4) is 5.75 Å². The van der Waals surface area contributed by atoms with Crippen LogP contribution in [0.5, 0.6) is 5.75 Å². The molecule has 180 valence electrons. The molecule has 0 unspecified atom stereocenters. The number of nitrogens with zero attached hydrogens (tertiary/aromatic N) is 4. The number of benzene rings is 3. The van der Waals surface area contributed by atoms with Gasteiger partial charge in [0.05, 0.1) is 44.4 Å². The minimum absolute atomic E-state index is 0.0774. The molecule has 0 saturated carbocycles. The van der Waals surface area contributed by atoms with Crippen molar-refractivity contribution >= 4 is 73.2 Å². The summed E-state index contributed by atoms with van der Waals surface area (Å²) >= 11 is 4.65. The zero-order valence-electron chi connectivity index (χ0n) is 20.1. The molecular formula is C27H22N4O2S3. The van der Waals surface area contributed by atoms with Gasteiger partial charge in [-0.2, -0.15) is 0 Å². The Hall–Kier alpha value is -3.27. The van der Waals surface area contributed by atoms with Crippen LogP contribution in [0.1, 0.15) is 10.6 Å². The summed E-state index contributed by atoms with van der Waals surface area (Å²) in [6.45, 7) is 4.04. The van der Waals surface area contributed by atoms with Crippen LogP contribution in [0.25, 0.3) is 10.2 Å². The van der Waals surface area contributed by atoms with E-state index in [0.29, 0.717) is 10.1 Å². The van der Waals surface area contributed by atoms with Gasteiger partial charge in [0.2, 0.25) is 0 Å². The lowest BCUT2D eigenvalue weighted by Gasteiger charge is -2.17. The molecule has 4 aromatic rings. The molecule has 6 rings (SSSR count). The van der Waals surface area contributed by atoms with Gasteiger partial charge >= 0.3 is 0 Å². The Morgan fingerprint density at radius 3 is 2.56 bits per heavy atom. The van der Waals surface area contributed by atoms with Gasteiger partial charge in [0.15, 0.2) is 5.17 Å². The molecule has 0 atom stereocenters. The topological polar surface area (TPSA) is 58.0 Å². The van der Waals surface area contributed by atoms with Gasteiger partial charge in [0.25, 0.3) is 5.91 Å². The zero-order valence-corrected chi connectivity index (χ0v) is 22.6. The molecule has 1 aromatic heterocycles. The Labute approximate surface area is 221 Å². The van der Waals surface area contributed by atoms with E-state index in [1.54, 1.807) is 35.1 Å². The Morgan fingerprint density at radius 1 is 0.972 bits per heavy atom. The highest BCUT2D eigenvalue weighted by Crippen LogP contribution is 2.51. The second-order valence-corrected chi connectivity index (χ2v) is 11.7. The molecule has 9 heteroatoms. The number of rotatable bonds is 3. The third-order valence-electron chi connectivity index (χ3n) is 6.01. The molecule has 3 heterocycles. The highest BCUT2D eigenvalue weighted by molar-refractivity contribution is 8.20. The number of carbonyl (C=O) groups excluding carboxylic acids is 1. The number of thioether (sulfide) groups is 2. The number of aromatic nitrogens is 1. The van der Waals surface area contributed by atoms with Gasteiger partial charge in [-0.15, -0.1) is 11.3 Å². The summed E-state index contributed by atoms with van der Waals surface area (Å²) in [7, 11) is 3.65. The van der Waals surface area contributed by atoms with Crippen molar-refractivity contribution in [1.29, 1.82) is 0 Å². The number of thiazole rings is 1. The number of amides is 1. The number of hydrogen-bond acceptors (Lipinski definition) is 8. The van der Waals surface area contributed by atoms with Crippen LogP contribution in [-0.4, -0.2) is 30.2 Å². The van der Waals surface area contributed by atoms with Gasteiger partial charge < -0.3 is 9.64 Å². The van der Waals surface area contributed by atoms with E-state index < -0.39 is 0 Å². The van der Waals surface area contributed by atoms with Gasteiger partial charge in [-0.05, 0) is 68.1 Å². The number of carbonyl (C=O) groups is 1. The van der Waals surface area contributed by atoms with Crippen LogP contribution in [0.4, 0.5) is 17.1 Å². The van der Waals surface area contributed by atoms with E-state index in [-0.39, 0.29) is 5.91 Å². The fourth-order valence-corrected chi connectivity index (χ4v) is 7.35. The second-order valence-electron chi connectivity index (χ2n) is 8.49. The zero-order chi connectivity index (χ0) is 25.0. The van der Waals surface area contributed by atoms with Crippen LogP contribution in [0.3, 0.4) is 0 Å². The van der Waals surface area contributed by atoms with E-state index in [2.05, 4.69) is 9.88 Å². The number of aliphatic imine (C=N–C) groups is 1. The van der Waals surface area contributed by atoms with Crippen molar-refractivity contribution < 1.29 is 9.53 Å². The molecule has 0 bridgehead atoms. The number of amidine groups is 1. The molecular weight excluding hydrogens is 509 g/mol. The van der Waals surface area contributed by atoms with Gasteiger partial charge in [0, 0.05) is 18.0 Å². The summed E-state index contributed by atoms with van der Waals surface area (Å²) in [6.07, 6.45) is 0. The van der Waals surface area contributed by atoms with Gasteiger partial charge in [0.1, 0.15) is 10.7 Å². The van der Waals surface area contributed by atoms with Gasteiger partial charge in [-0.3, -0.25) is 9.69 Å². The highest BCUT2D eigenvalue weighted by Gasteiger charge is 2.40. The molecule has 1 saturated heterocycles. The fourth-order valence-electron chi connectivity index (χ4n) is 4.16. The summed E-state index contributed by atoms with van der Waals surface area (Å²) in [4.78, 5) is 28.9. The highest BCUT2D eigenvalue weighted by atomic mass is 32.2. The Bertz CT molecular complexity index is 1590. The first-order chi connectivity index (χ1) is 17.4. The predicted molar refractivity (Wildman–Crippen MR) is 152 cm³/mol. The smallest absolute Gasteiger partial charge is 0.274 e. The quantitative estimate of drug-likeness (QED) is 0.263. The molecule has 2 aliphatic heterocycles. The van der Waals surface area contributed by atoms with Crippen LogP contribution in [0.15, 0.2) is 80.5 Å². The van der Waals surface area contributed by atoms with Crippen molar-refractivity contribution in [1.82, 2.24) is 4.98 Å². The Balaban J connectivity index is 1.45. The number of ether oxygens (including phenoxy) is 1. The molecule has 1 amide bonds. The summed E-state index contributed by atoms with van der Waals surface area (Å²) in [5.74, 6) is 0.710. The SMILES string of the molecule is COc1ccc2c(c1)N(C)/C(=C1/SC(=Nc3ccc4nc(C)sc4c3)N(c3ccc(C)cc3)C1=O)S2. The fraction of sp³-hybridized carbons (Fsp3) is 0.148. The van der Waals surface area contributed by atoms with Crippen LogP contribution in [0.2, 0.25) is 0 Å². The second kappa shape index (κ2) is 8.99. The first-order valence-electron chi connectivity index (χ1n) is 11.3. The van der Waals surface area contributed by atoms with E-state index >= 15 is 0 Å². The van der Waals surface area contributed by atoms with E-state index in [9.17, 15) is 4.79 Å². The lowest BCUT2D eigenvalue weighted by Crippen LogP contribution is -2.29. The van der Waals surface area contributed by atoms with Crippen LogP contribution >= 0.6 is 34.9 Å². The number of hydrogen-bond donors (Lipinski definition) is 0. The minimum Gasteiger partial charge on any atom is -0.497 e. The lowest BCUT2D eigenvalue weighted by molar-refractivity contribution is -0.113. The maximum absolute atomic E-state index is 13.9. The van der Waals surface area contributed by atoms with Gasteiger partial charge in [-0.25, -0.2) is 9.98 Å². The van der Waals surface area contributed by atoms with Gasteiger partial charge in [-0.1, -0.05) is 29.5 Å². The van der Waals surface area contributed by atoms with Crippen LogP contribution in [-0.2, 0) is 4.79 Å². The monoisotopic (exact) mass is 530 g/mol. The third-order valence-corrected chi connectivity index (χ3v) is 9.34. The normalized spacial score (nSPS) is 18.6. The molecule has 1 fully saturated rings. The predicted octanol–water partition coefficient (Wildman–Crippen LogP) is 7.10. The van der Waals surface area contributed by atoms with E-state index in [1.165, 1.54) is 11.8 Å². The summed E-state index contributed by atoms with van der Waals surface area (Å²) in [6, 6.07) is 19.9. The molecule has 3 aromatic carbocycles. The lowest BCUT2D eigenvalue weighted by atomic mass is 10.2. The Morgan fingerprint density at radius 2 is 1.78 bits per heavy atom. The Kier molecular flexibility index (Phi) is 5.78.